The highest BCUT2D eigenvalue weighted by molar-refractivity contribution is 5.41. The molecule has 1 aromatic carbocycles. The molecule has 1 aliphatic carbocycles. The molecular weight excluding hydrogens is 316 g/mol. The predicted octanol–water partition coefficient (Wildman–Crippen LogP) is 3.86. The first kappa shape index (κ1) is 16.4. The summed E-state index contributed by atoms with van der Waals surface area (Å²) in [6.07, 6.45) is 4.80. The smallest absolute Gasteiger partial charge is 0.343 e. The molecule has 1 aromatic heterocycles. The van der Waals surface area contributed by atoms with Gasteiger partial charge in [-0.05, 0) is 43.1 Å². The van der Waals surface area contributed by atoms with Crippen LogP contribution in [0.1, 0.15) is 48.5 Å². The maximum absolute atomic E-state index is 12.7. The Labute approximate surface area is 147 Å². The lowest BCUT2D eigenvalue weighted by Gasteiger charge is -2.22. The lowest BCUT2D eigenvalue weighted by Crippen LogP contribution is -2.20. The van der Waals surface area contributed by atoms with Crippen LogP contribution in [-0.2, 0) is 11.2 Å². The van der Waals surface area contributed by atoms with Crippen LogP contribution in [0, 0.1) is 11.8 Å². The molecule has 132 valence electrons. The molecule has 0 radical (unpaired) electrons. The second kappa shape index (κ2) is 7.04. The third-order valence-corrected chi connectivity index (χ3v) is 5.41. The number of rotatable bonds is 5. The highest BCUT2D eigenvalue weighted by Gasteiger charge is 2.37. The van der Waals surface area contributed by atoms with Crippen LogP contribution >= 0.6 is 0 Å². The molecule has 1 aliphatic heterocycles. The molecule has 2 aromatic rings. The van der Waals surface area contributed by atoms with Crippen molar-refractivity contribution in [2.75, 3.05) is 13.2 Å². The zero-order chi connectivity index (χ0) is 17.2. The molecule has 2 heterocycles. The quantitative estimate of drug-likeness (QED) is 0.898. The van der Waals surface area contributed by atoms with E-state index in [4.69, 9.17) is 9.15 Å². The summed E-state index contributed by atoms with van der Waals surface area (Å²) < 4.78 is 11.0. The molecule has 0 spiro atoms. The summed E-state index contributed by atoms with van der Waals surface area (Å²) in [5.74, 6) is 1.46. The van der Waals surface area contributed by atoms with E-state index in [-0.39, 0.29) is 17.3 Å². The second-order valence-corrected chi connectivity index (χ2v) is 7.28. The first-order chi connectivity index (χ1) is 12.2. The van der Waals surface area contributed by atoms with Crippen LogP contribution in [0.25, 0.3) is 0 Å². The maximum Gasteiger partial charge on any atom is 0.343 e. The van der Waals surface area contributed by atoms with Crippen molar-refractivity contribution in [1.82, 2.24) is 0 Å². The van der Waals surface area contributed by atoms with Crippen LogP contribution in [-0.4, -0.2) is 18.3 Å². The molecule has 1 atom stereocenters. The number of hydrogen-bond acceptors (Lipinski definition) is 4. The molecule has 4 heteroatoms. The Morgan fingerprint density at radius 1 is 1.08 bits per heavy atom. The average molecular weight is 340 g/mol. The Morgan fingerprint density at radius 3 is 2.44 bits per heavy atom. The number of aromatic hydroxyl groups is 1. The third-order valence-electron chi connectivity index (χ3n) is 5.41. The van der Waals surface area contributed by atoms with Crippen molar-refractivity contribution in [1.29, 1.82) is 0 Å². The van der Waals surface area contributed by atoms with Crippen molar-refractivity contribution in [3.05, 3.63) is 63.7 Å². The van der Waals surface area contributed by atoms with Gasteiger partial charge in [0.05, 0.1) is 5.56 Å². The Bertz CT molecular complexity index is 770. The first-order valence-corrected chi connectivity index (χ1v) is 9.21. The van der Waals surface area contributed by atoms with Crippen LogP contribution < -0.4 is 5.63 Å². The molecule has 2 aliphatic rings. The van der Waals surface area contributed by atoms with Crippen molar-refractivity contribution >= 4 is 0 Å². The van der Waals surface area contributed by atoms with E-state index in [0.717, 1.165) is 44.5 Å². The van der Waals surface area contributed by atoms with Crippen LogP contribution in [0.15, 0.2) is 45.6 Å². The van der Waals surface area contributed by atoms with Crippen molar-refractivity contribution in [2.45, 2.75) is 38.0 Å². The van der Waals surface area contributed by atoms with Gasteiger partial charge in [0.2, 0.25) is 0 Å². The minimum absolute atomic E-state index is 0.0745. The van der Waals surface area contributed by atoms with Crippen molar-refractivity contribution in [2.24, 2.45) is 11.8 Å². The van der Waals surface area contributed by atoms with Crippen LogP contribution in [0.2, 0.25) is 0 Å². The van der Waals surface area contributed by atoms with Gasteiger partial charge in [-0.15, -0.1) is 0 Å². The summed E-state index contributed by atoms with van der Waals surface area (Å²) in [4.78, 5) is 12.7. The van der Waals surface area contributed by atoms with Gasteiger partial charge in [0.15, 0.2) is 0 Å². The van der Waals surface area contributed by atoms with Gasteiger partial charge in [0, 0.05) is 31.6 Å². The Balaban J connectivity index is 1.64. The molecule has 1 saturated heterocycles. The zero-order valence-electron chi connectivity index (χ0n) is 14.3. The third kappa shape index (κ3) is 3.64. The van der Waals surface area contributed by atoms with Gasteiger partial charge in [-0.3, -0.25) is 0 Å². The minimum Gasteiger partial charge on any atom is -0.507 e. The van der Waals surface area contributed by atoms with Crippen LogP contribution in [0.5, 0.6) is 5.75 Å². The highest BCUT2D eigenvalue weighted by Crippen LogP contribution is 2.47. The fraction of sp³-hybridized carbons (Fsp3) is 0.476. The normalized spacial score (nSPS) is 19.7. The van der Waals surface area contributed by atoms with Gasteiger partial charge in [0.25, 0.3) is 0 Å². The summed E-state index contributed by atoms with van der Waals surface area (Å²) in [7, 11) is 0. The van der Waals surface area contributed by atoms with Gasteiger partial charge < -0.3 is 14.3 Å². The number of ether oxygens (including phenoxy) is 1. The van der Waals surface area contributed by atoms with Crippen LogP contribution in [0.3, 0.4) is 0 Å². The Morgan fingerprint density at radius 2 is 1.80 bits per heavy atom. The fourth-order valence-corrected chi connectivity index (χ4v) is 3.92. The van der Waals surface area contributed by atoms with E-state index in [1.54, 1.807) is 6.07 Å². The van der Waals surface area contributed by atoms with E-state index >= 15 is 0 Å². The van der Waals surface area contributed by atoms with Gasteiger partial charge in [-0.1, -0.05) is 30.3 Å². The Kier molecular flexibility index (Phi) is 4.62. The monoisotopic (exact) mass is 340 g/mol. The first-order valence-electron chi connectivity index (χ1n) is 9.21. The summed E-state index contributed by atoms with van der Waals surface area (Å²) in [6, 6.07) is 11.6. The van der Waals surface area contributed by atoms with E-state index in [9.17, 15) is 9.90 Å². The molecule has 4 rings (SSSR count). The molecule has 4 nitrogen and oxygen atoms in total. The predicted molar refractivity (Wildman–Crippen MR) is 94.9 cm³/mol. The summed E-state index contributed by atoms with van der Waals surface area (Å²) in [5.41, 5.74) is 1.11. The lowest BCUT2D eigenvalue weighted by molar-refractivity contribution is 0.0648. The highest BCUT2D eigenvalue weighted by atomic mass is 16.5. The molecule has 1 N–H and O–H groups in total. The fourth-order valence-electron chi connectivity index (χ4n) is 3.92. The topological polar surface area (TPSA) is 59.7 Å². The Hall–Kier alpha value is -2.07. The SMILES string of the molecule is O=c1oc(CC2CCOCC2)cc(O)c1C(c1ccccc1)C1CC1. The van der Waals surface area contributed by atoms with Crippen molar-refractivity contribution in [3.8, 4) is 5.75 Å². The van der Waals surface area contributed by atoms with Crippen molar-refractivity contribution < 1.29 is 14.3 Å². The zero-order valence-corrected chi connectivity index (χ0v) is 14.3. The van der Waals surface area contributed by atoms with Gasteiger partial charge in [-0.2, -0.15) is 0 Å². The molecule has 1 saturated carbocycles. The molecule has 2 fully saturated rings. The molecule has 0 bridgehead atoms. The largest absolute Gasteiger partial charge is 0.507 e. The summed E-state index contributed by atoms with van der Waals surface area (Å²) in [6.45, 7) is 1.52. The van der Waals surface area contributed by atoms with Gasteiger partial charge in [0.1, 0.15) is 11.5 Å². The number of hydrogen-bond donors (Lipinski definition) is 1. The van der Waals surface area contributed by atoms with E-state index < -0.39 is 0 Å². The van der Waals surface area contributed by atoms with E-state index in [1.807, 2.05) is 30.3 Å². The molecular formula is C21H24O4. The van der Waals surface area contributed by atoms with E-state index in [2.05, 4.69) is 0 Å². The van der Waals surface area contributed by atoms with E-state index in [0.29, 0.717) is 29.6 Å². The number of benzene rings is 1. The minimum atomic E-state index is -0.386. The average Bonchev–Trinajstić information content (AvgIpc) is 3.44. The maximum atomic E-state index is 12.7. The van der Waals surface area contributed by atoms with E-state index in [1.165, 1.54) is 0 Å². The summed E-state index contributed by atoms with van der Waals surface area (Å²) in [5, 5.41) is 10.6. The lowest BCUT2D eigenvalue weighted by atomic mass is 9.87. The van der Waals surface area contributed by atoms with Crippen LogP contribution in [0.4, 0.5) is 0 Å². The molecule has 1 unspecified atom stereocenters. The summed E-state index contributed by atoms with van der Waals surface area (Å²) >= 11 is 0. The molecule has 0 amide bonds. The van der Waals surface area contributed by atoms with Gasteiger partial charge in [-0.25, -0.2) is 4.79 Å². The van der Waals surface area contributed by atoms with Gasteiger partial charge >= 0.3 is 5.63 Å². The standard InChI is InChI=1S/C21H24O4/c22-18-13-17(12-14-8-10-24-11-9-14)25-21(23)20(18)19(16-6-7-16)15-4-2-1-3-5-15/h1-5,13-14,16,19,22H,6-12H2. The molecule has 25 heavy (non-hydrogen) atoms. The van der Waals surface area contributed by atoms with Crippen molar-refractivity contribution in [3.63, 3.8) is 0 Å². The second-order valence-electron chi connectivity index (χ2n) is 7.28.